The molecule has 0 aromatic heterocycles. The first-order valence-corrected chi connectivity index (χ1v) is 12.0. The molecule has 2 aromatic carbocycles. The summed E-state index contributed by atoms with van der Waals surface area (Å²) in [5.41, 5.74) is 1.95. The number of carbonyl (C=O) groups is 2. The Morgan fingerprint density at radius 2 is 1.97 bits per heavy atom. The van der Waals surface area contributed by atoms with Crippen molar-refractivity contribution in [3.05, 3.63) is 63.7 Å². The molecule has 1 heterocycles. The van der Waals surface area contributed by atoms with E-state index in [4.69, 9.17) is 4.74 Å². The van der Waals surface area contributed by atoms with Gasteiger partial charge in [-0.15, -0.1) is 0 Å². The molecule has 9 nitrogen and oxygen atoms in total. The van der Waals surface area contributed by atoms with Gasteiger partial charge in [0.15, 0.2) is 0 Å². The number of hydrogen-bond donors (Lipinski definition) is 0. The maximum Gasteiger partial charge on any atom is 0.356 e. The van der Waals surface area contributed by atoms with Crippen LogP contribution in [-0.4, -0.2) is 64.3 Å². The first-order valence-electron chi connectivity index (χ1n) is 10.7. The van der Waals surface area contributed by atoms with Gasteiger partial charge in [-0.1, -0.05) is 12.1 Å². The molecule has 1 aliphatic rings. The largest absolute Gasteiger partial charge is 0.611 e. The quantitative estimate of drug-likeness (QED) is 0.263. The van der Waals surface area contributed by atoms with Crippen molar-refractivity contribution in [3.8, 4) is 0 Å². The number of rotatable bonds is 7. The van der Waals surface area contributed by atoms with Gasteiger partial charge in [-0.3, -0.25) is 14.9 Å². The highest BCUT2D eigenvalue weighted by molar-refractivity contribution is 7.92. The monoisotopic (exact) mass is 473 g/mol. The van der Waals surface area contributed by atoms with Crippen LogP contribution < -0.4 is 4.90 Å². The molecule has 0 spiro atoms. The molecule has 1 aliphatic heterocycles. The van der Waals surface area contributed by atoms with Crippen LogP contribution in [0, 0.1) is 17.0 Å². The molecule has 3 rings (SSSR count). The smallest absolute Gasteiger partial charge is 0.356 e. The molecule has 2 atom stereocenters. The maximum atomic E-state index is 13.1. The Kier molecular flexibility index (Phi) is 7.93. The van der Waals surface area contributed by atoms with Crippen LogP contribution >= 0.6 is 0 Å². The Labute approximate surface area is 195 Å². The van der Waals surface area contributed by atoms with Gasteiger partial charge in [0.05, 0.1) is 11.5 Å². The highest BCUT2D eigenvalue weighted by Crippen LogP contribution is 2.28. The number of anilines is 1. The van der Waals surface area contributed by atoms with E-state index in [1.807, 2.05) is 32.0 Å². The Morgan fingerprint density at radius 3 is 2.61 bits per heavy atom. The van der Waals surface area contributed by atoms with Gasteiger partial charge in [0, 0.05) is 60.2 Å². The van der Waals surface area contributed by atoms with Gasteiger partial charge in [-0.2, -0.15) is 0 Å². The van der Waals surface area contributed by atoms with Crippen LogP contribution in [0.15, 0.2) is 47.4 Å². The average molecular weight is 474 g/mol. The number of aryl methyl sites for hydroxylation is 1. The van der Waals surface area contributed by atoms with Gasteiger partial charge >= 0.3 is 11.7 Å². The SMILES string of the molecule is CCOC(=O)C[S+]([O-])c1ccc(C(=O)N2CCN(c3cccc(C)c3)[C@H](C)C2)cc1[N+](=O)[O-]. The number of amides is 1. The van der Waals surface area contributed by atoms with Crippen LogP contribution in [0.5, 0.6) is 0 Å². The van der Waals surface area contributed by atoms with Crippen molar-refractivity contribution in [1.82, 2.24) is 4.90 Å². The number of ether oxygens (including phenoxy) is 1. The van der Waals surface area contributed by atoms with Gasteiger partial charge in [0.1, 0.15) is 0 Å². The summed E-state index contributed by atoms with van der Waals surface area (Å²) in [4.78, 5) is 39.4. The number of piperazine rings is 1. The molecule has 176 valence electrons. The summed E-state index contributed by atoms with van der Waals surface area (Å²) in [5.74, 6) is -1.51. The van der Waals surface area contributed by atoms with Crippen molar-refractivity contribution in [1.29, 1.82) is 0 Å². The van der Waals surface area contributed by atoms with Crippen molar-refractivity contribution in [3.63, 3.8) is 0 Å². The van der Waals surface area contributed by atoms with Crippen molar-refractivity contribution in [2.45, 2.75) is 31.7 Å². The second-order valence-electron chi connectivity index (χ2n) is 7.87. The van der Waals surface area contributed by atoms with E-state index in [9.17, 15) is 24.3 Å². The highest BCUT2D eigenvalue weighted by atomic mass is 32.2. The van der Waals surface area contributed by atoms with Crippen LogP contribution in [0.4, 0.5) is 11.4 Å². The molecule has 1 fully saturated rings. The van der Waals surface area contributed by atoms with Gasteiger partial charge in [-0.25, -0.2) is 4.79 Å². The Bertz CT molecular complexity index is 1050. The number of carbonyl (C=O) groups excluding carboxylic acids is 2. The van der Waals surface area contributed by atoms with Crippen molar-refractivity contribution in [2.24, 2.45) is 0 Å². The lowest BCUT2D eigenvalue weighted by molar-refractivity contribution is -0.387. The number of esters is 1. The van der Waals surface area contributed by atoms with Crippen molar-refractivity contribution in [2.75, 3.05) is 36.9 Å². The predicted octanol–water partition coefficient (Wildman–Crippen LogP) is 2.92. The number of nitrogens with zero attached hydrogens (tertiary/aromatic N) is 3. The second kappa shape index (κ2) is 10.7. The van der Waals surface area contributed by atoms with E-state index in [0.717, 1.165) is 17.3 Å². The number of nitro benzene ring substituents is 1. The maximum absolute atomic E-state index is 13.1. The van der Waals surface area contributed by atoms with E-state index in [-0.39, 0.29) is 29.0 Å². The topological polar surface area (TPSA) is 116 Å². The third kappa shape index (κ3) is 5.82. The van der Waals surface area contributed by atoms with Gasteiger partial charge in [0.25, 0.3) is 5.91 Å². The summed E-state index contributed by atoms with van der Waals surface area (Å²) >= 11 is -1.95. The summed E-state index contributed by atoms with van der Waals surface area (Å²) in [5, 5.41) is 11.6. The predicted molar refractivity (Wildman–Crippen MR) is 125 cm³/mol. The first-order chi connectivity index (χ1) is 15.7. The molecule has 0 bridgehead atoms. The fraction of sp³-hybridized carbons (Fsp3) is 0.391. The van der Waals surface area contributed by atoms with Crippen molar-refractivity contribution >= 4 is 34.4 Å². The molecular weight excluding hydrogens is 446 g/mol. The Balaban J connectivity index is 1.75. The van der Waals surface area contributed by atoms with E-state index < -0.39 is 33.5 Å². The van der Waals surface area contributed by atoms with E-state index in [2.05, 4.69) is 11.0 Å². The minimum Gasteiger partial charge on any atom is -0.611 e. The van der Waals surface area contributed by atoms with Crippen LogP contribution in [0.2, 0.25) is 0 Å². The molecule has 0 saturated carbocycles. The molecule has 2 aromatic rings. The lowest BCUT2D eigenvalue weighted by Crippen LogP contribution is -2.53. The minimum atomic E-state index is -1.95. The molecular formula is C23H27N3O6S. The normalized spacial score (nSPS) is 16.9. The second-order valence-corrected chi connectivity index (χ2v) is 9.29. The summed E-state index contributed by atoms with van der Waals surface area (Å²) in [6.45, 7) is 7.39. The first kappa shape index (κ1) is 24.5. The zero-order valence-corrected chi connectivity index (χ0v) is 19.7. The third-order valence-corrected chi connectivity index (χ3v) is 6.78. The van der Waals surface area contributed by atoms with Crippen LogP contribution in [0.25, 0.3) is 0 Å². The molecule has 0 aliphatic carbocycles. The molecule has 1 amide bonds. The van der Waals surface area contributed by atoms with E-state index in [1.165, 1.54) is 12.1 Å². The summed E-state index contributed by atoms with van der Waals surface area (Å²) in [6, 6.07) is 12.1. The van der Waals surface area contributed by atoms with E-state index in [0.29, 0.717) is 19.6 Å². The minimum absolute atomic E-state index is 0.0656. The lowest BCUT2D eigenvalue weighted by Gasteiger charge is -2.41. The molecule has 10 heteroatoms. The summed E-state index contributed by atoms with van der Waals surface area (Å²) in [7, 11) is 0. The molecule has 0 N–H and O–H groups in total. The van der Waals surface area contributed by atoms with Crippen LogP contribution in [0.3, 0.4) is 0 Å². The fourth-order valence-corrected chi connectivity index (χ4v) is 4.93. The summed E-state index contributed by atoms with van der Waals surface area (Å²) in [6.07, 6.45) is 0. The highest BCUT2D eigenvalue weighted by Gasteiger charge is 2.32. The Morgan fingerprint density at radius 1 is 1.21 bits per heavy atom. The summed E-state index contributed by atoms with van der Waals surface area (Å²) < 4.78 is 17.2. The van der Waals surface area contributed by atoms with Crippen LogP contribution in [0.1, 0.15) is 29.8 Å². The zero-order valence-electron chi connectivity index (χ0n) is 18.9. The lowest BCUT2D eigenvalue weighted by atomic mass is 10.1. The van der Waals surface area contributed by atoms with Gasteiger partial charge in [0.2, 0.25) is 10.6 Å². The zero-order chi connectivity index (χ0) is 24.1. The number of hydrogen-bond acceptors (Lipinski definition) is 7. The van der Waals surface area contributed by atoms with E-state index in [1.54, 1.807) is 11.8 Å². The average Bonchev–Trinajstić information content (AvgIpc) is 2.78. The molecule has 1 unspecified atom stereocenters. The molecule has 0 radical (unpaired) electrons. The van der Waals surface area contributed by atoms with E-state index >= 15 is 0 Å². The Hall–Kier alpha value is -3.11. The van der Waals surface area contributed by atoms with Gasteiger partial charge < -0.3 is 19.1 Å². The standard InChI is InChI=1S/C23H27N3O6S/c1-4-32-22(27)15-33(31)21-9-8-18(13-20(21)26(29)30)23(28)24-10-11-25(17(3)14-24)19-7-5-6-16(2)12-19/h5-9,12-13,17H,4,10-11,14-15H2,1-3H3/t17-,33?/m1/s1. The number of nitro groups is 1. The van der Waals surface area contributed by atoms with Crippen molar-refractivity contribution < 1.29 is 23.8 Å². The molecule has 33 heavy (non-hydrogen) atoms. The van der Waals surface area contributed by atoms with Crippen LogP contribution in [-0.2, 0) is 20.7 Å². The van der Waals surface area contributed by atoms with Gasteiger partial charge in [-0.05, 0) is 44.5 Å². The number of benzene rings is 2. The third-order valence-electron chi connectivity index (χ3n) is 5.45. The molecule has 1 saturated heterocycles. The fourth-order valence-electron chi connectivity index (χ4n) is 3.89.